The Morgan fingerprint density at radius 2 is 1.05 bits per heavy atom. The van der Waals surface area contributed by atoms with E-state index in [1.54, 1.807) is 97.1 Å². The van der Waals surface area contributed by atoms with Crippen molar-refractivity contribution < 1.29 is 71.7 Å². The Kier molecular flexibility index (Phi) is 14.8. The van der Waals surface area contributed by atoms with Crippen LogP contribution < -0.4 is 0 Å². The summed E-state index contributed by atoms with van der Waals surface area (Å²) in [5.41, 5.74) is 1.35. The van der Waals surface area contributed by atoms with Crippen LogP contribution in [0.25, 0.3) is 0 Å². The Morgan fingerprint density at radius 3 is 1.57 bits per heavy atom. The van der Waals surface area contributed by atoms with E-state index in [9.17, 15) is 24.3 Å². The summed E-state index contributed by atoms with van der Waals surface area (Å²) in [7, 11) is 0. The lowest BCUT2D eigenvalue weighted by molar-refractivity contribution is -0.383. The van der Waals surface area contributed by atoms with Gasteiger partial charge in [-0.25, -0.2) is 19.2 Å². The smallest absolute Gasteiger partial charge is 0.338 e. The molecule has 3 aliphatic heterocycles. The number of carbonyl (C=O) groups is 4. The summed E-state index contributed by atoms with van der Waals surface area (Å²) < 4.78 is 62.2. The van der Waals surface area contributed by atoms with E-state index in [0.717, 1.165) is 0 Å². The molecule has 15 heteroatoms. The highest BCUT2D eigenvalue weighted by Gasteiger charge is 2.57. The lowest BCUT2D eigenvalue weighted by Gasteiger charge is -2.50. The van der Waals surface area contributed by atoms with Crippen molar-refractivity contribution in [2.45, 2.75) is 67.7 Å². The predicted octanol–water partition coefficient (Wildman–Crippen LogP) is 6.03. The molecule has 0 saturated carbocycles. The van der Waals surface area contributed by atoms with Gasteiger partial charge in [0.2, 0.25) is 0 Å². The molecule has 0 radical (unpaired) electrons. The van der Waals surface area contributed by atoms with Gasteiger partial charge in [-0.3, -0.25) is 0 Å². The highest BCUT2D eigenvalue weighted by Crippen LogP contribution is 2.39. The van der Waals surface area contributed by atoms with Crippen LogP contribution in [0.5, 0.6) is 0 Å². The molecule has 3 fully saturated rings. The van der Waals surface area contributed by atoms with Crippen LogP contribution in [0.4, 0.5) is 0 Å². The quantitative estimate of drug-likeness (QED) is 0.0731. The van der Waals surface area contributed by atoms with E-state index in [2.05, 4.69) is 6.58 Å². The second-order valence-corrected chi connectivity index (χ2v) is 15.1. The number of hydrogen-bond acceptors (Lipinski definition) is 15. The van der Waals surface area contributed by atoms with Gasteiger partial charge in [0.05, 0.1) is 35.5 Å². The molecule has 11 atom stereocenters. The number of fused-ring (bicyclic) bond motifs is 1. The Hall–Kier alpha value is -6.56. The zero-order valence-corrected chi connectivity index (χ0v) is 34.9. The van der Waals surface area contributed by atoms with Crippen LogP contribution in [0, 0.1) is 0 Å². The van der Waals surface area contributed by atoms with Crippen molar-refractivity contribution in [3.63, 3.8) is 0 Å². The minimum atomic E-state index is -1.67. The molecule has 3 saturated heterocycles. The summed E-state index contributed by atoms with van der Waals surface area (Å²) in [6.45, 7) is 2.99. The van der Waals surface area contributed by atoms with Gasteiger partial charge in [-0.2, -0.15) is 0 Å². The summed E-state index contributed by atoms with van der Waals surface area (Å²) in [5, 5.41) is 12.2. The Morgan fingerprint density at radius 1 is 0.569 bits per heavy atom. The van der Waals surface area contributed by atoms with Gasteiger partial charge in [-0.05, 0) is 48.5 Å². The number of aliphatic hydroxyl groups is 1. The molecule has 5 aromatic rings. The van der Waals surface area contributed by atoms with Gasteiger partial charge >= 0.3 is 23.9 Å². The number of aliphatic hydroxyl groups excluding tert-OH is 1. The predicted molar refractivity (Wildman–Crippen MR) is 228 cm³/mol. The van der Waals surface area contributed by atoms with Gasteiger partial charge in [0.1, 0.15) is 37.1 Å². The van der Waals surface area contributed by atoms with Crippen LogP contribution in [-0.2, 0) is 47.4 Å². The zero-order chi connectivity index (χ0) is 45.1. The molecule has 0 aliphatic carbocycles. The normalized spacial score (nSPS) is 27.2. The van der Waals surface area contributed by atoms with Crippen molar-refractivity contribution in [3.05, 3.63) is 192 Å². The summed E-state index contributed by atoms with van der Waals surface area (Å²) >= 11 is 0. The first kappa shape index (κ1) is 45.0. The lowest BCUT2D eigenvalue weighted by atomic mass is 9.95. The highest BCUT2D eigenvalue weighted by atomic mass is 16.8. The average Bonchev–Trinajstić information content (AvgIpc) is 3.36. The fourth-order valence-electron chi connectivity index (χ4n) is 7.58. The van der Waals surface area contributed by atoms with Crippen LogP contribution in [0.15, 0.2) is 164 Å². The van der Waals surface area contributed by atoms with Crippen molar-refractivity contribution in [1.82, 2.24) is 0 Å². The van der Waals surface area contributed by atoms with Gasteiger partial charge in [-0.15, -0.1) is 6.58 Å². The second-order valence-electron chi connectivity index (χ2n) is 15.1. The van der Waals surface area contributed by atoms with E-state index >= 15 is 0 Å². The van der Waals surface area contributed by atoms with E-state index in [1.807, 2.05) is 18.2 Å². The monoisotopic (exact) mass is 886 g/mol. The van der Waals surface area contributed by atoms with E-state index in [4.69, 9.17) is 47.4 Å². The SMILES string of the molecule is C=CCO[C@@H]1O[C@H](COC(=O)c2ccccc2)[C@@H](O[C@@H]2O[C@@H]3COC(c4ccccc4)O[C@@H]3[C@H](O)[C@H]2OC(=O)c2ccccc2)[C@H](OC(=O)c2ccccc2)[C@H]1OC(=O)c1ccccc1. The lowest BCUT2D eigenvalue weighted by Crippen LogP contribution is -2.67. The molecule has 15 nitrogen and oxygen atoms in total. The van der Waals surface area contributed by atoms with Crippen LogP contribution >= 0.6 is 0 Å². The summed E-state index contributed by atoms with van der Waals surface area (Å²) in [6.07, 6.45) is -14.1. The minimum absolute atomic E-state index is 0.0962. The number of hydrogen-bond donors (Lipinski definition) is 1. The molecule has 8 rings (SSSR count). The van der Waals surface area contributed by atoms with Gasteiger partial charge in [-0.1, -0.05) is 109 Å². The first-order chi connectivity index (χ1) is 31.8. The maximum Gasteiger partial charge on any atom is 0.338 e. The fraction of sp³-hybridized carbons (Fsp3) is 0.280. The third kappa shape index (κ3) is 10.9. The number of benzene rings is 5. The van der Waals surface area contributed by atoms with E-state index < -0.39 is 98.2 Å². The van der Waals surface area contributed by atoms with E-state index in [-0.39, 0.29) is 35.5 Å². The van der Waals surface area contributed by atoms with Crippen molar-refractivity contribution in [2.24, 2.45) is 0 Å². The maximum absolute atomic E-state index is 14.1. The van der Waals surface area contributed by atoms with Gasteiger partial charge in [0, 0.05) is 5.56 Å². The minimum Gasteiger partial charge on any atom is -0.459 e. The first-order valence-electron chi connectivity index (χ1n) is 21.0. The molecule has 336 valence electrons. The molecule has 0 amide bonds. The summed E-state index contributed by atoms with van der Waals surface area (Å²) in [4.78, 5) is 55.2. The van der Waals surface area contributed by atoms with Crippen LogP contribution in [-0.4, -0.2) is 110 Å². The number of ether oxygens (including phenoxy) is 10. The Bertz CT molecular complexity index is 2350. The molecule has 0 aromatic heterocycles. The number of carbonyl (C=O) groups excluding carboxylic acids is 4. The third-order valence-corrected chi connectivity index (χ3v) is 10.8. The Labute approximate surface area is 374 Å². The highest BCUT2D eigenvalue weighted by molar-refractivity contribution is 5.91. The number of rotatable bonds is 15. The Balaban J connectivity index is 1.18. The van der Waals surface area contributed by atoms with Crippen molar-refractivity contribution in [2.75, 3.05) is 19.8 Å². The second kappa shape index (κ2) is 21.4. The third-order valence-electron chi connectivity index (χ3n) is 10.8. The average molecular weight is 887 g/mol. The van der Waals surface area contributed by atoms with Crippen LogP contribution in [0.2, 0.25) is 0 Å². The summed E-state index contributed by atoms with van der Waals surface area (Å²) in [6, 6.07) is 41.5. The van der Waals surface area contributed by atoms with Gasteiger partial charge in [0.25, 0.3) is 0 Å². The van der Waals surface area contributed by atoms with Crippen molar-refractivity contribution in [3.8, 4) is 0 Å². The van der Waals surface area contributed by atoms with Crippen LogP contribution in [0.3, 0.4) is 0 Å². The van der Waals surface area contributed by atoms with E-state index in [1.165, 1.54) is 42.5 Å². The molecule has 0 spiro atoms. The molecule has 1 N–H and O–H groups in total. The number of esters is 4. The summed E-state index contributed by atoms with van der Waals surface area (Å²) in [5.74, 6) is -3.23. The topological polar surface area (TPSA) is 181 Å². The molecule has 3 heterocycles. The van der Waals surface area contributed by atoms with Gasteiger partial charge in [0.15, 0.2) is 37.2 Å². The molecular formula is C50H46O15. The van der Waals surface area contributed by atoms with Gasteiger partial charge < -0.3 is 52.5 Å². The van der Waals surface area contributed by atoms with Crippen molar-refractivity contribution in [1.29, 1.82) is 0 Å². The molecule has 65 heavy (non-hydrogen) atoms. The van der Waals surface area contributed by atoms with E-state index in [0.29, 0.717) is 5.56 Å². The van der Waals surface area contributed by atoms with Crippen molar-refractivity contribution >= 4 is 23.9 Å². The fourth-order valence-corrected chi connectivity index (χ4v) is 7.58. The maximum atomic E-state index is 14.1. The standard InChI is InChI=1S/C50H46O15/c1-2-28-56-49-43(63-47(55)34-24-14-6-15-25-34)42(62-46(54)33-22-12-5-13-23-33)40(37(59-49)29-57-44(52)31-18-8-3-9-19-31)65-50-41(61-45(53)32-20-10-4-11-21-32)38(51)39-36(60-50)30-58-48(64-39)35-26-16-7-17-27-35/h2-27,36-43,48-51H,1,28-30H2/t36-,37-,38+,39+,40-,41-,42+,43-,48?,49-,50+/m1/s1. The molecule has 1 unspecified atom stereocenters. The zero-order valence-electron chi connectivity index (χ0n) is 34.9. The molecule has 0 bridgehead atoms. The molecule has 5 aromatic carbocycles. The largest absolute Gasteiger partial charge is 0.459 e. The first-order valence-corrected chi connectivity index (χ1v) is 21.0. The van der Waals surface area contributed by atoms with Crippen LogP contribution in [0.1, 0.15) is 53.3 Å². The molecular weight excluding hydrogens is 841 g/mol. The molecule has 3 aliphatic rings.